The first-order chi connectivity index (χ1) is 8.58. The van der Waals surface area contributed by atoms with Gasteiger partial charge in [-0.05, 0) is 37.1 Å². The highest BCUT2D eigenvalue weighted by atomic mass is 35.5. The van der Waals surface area contributed by atoms with Crippen LogP contribution in [-0.2, 0) is 11.3 Å². The number of carbonyl (C=O) groups excluding carboxylic acids is 1. The minimum absolute atomic E-state index is 0.0268. The van der Waals surface area contributed by atoms with Crippen molar-refractivity contribution in [2.24, 2.45) is 0 Å². The number of benzene rings is 1. The number of hydrogen-bond donors (Lipinski definition) is 0. The summed E-state index contributed by atoms with van der Waals surface area (Å²) in [5.41, 5.74) is 1.17. The Balaban J connectivity index is 2.06. The lowest BCUT2D eigenvalue weighted by Crippen LogP contribution is -2.42. The van der Waals surface area contributed by atoms with E-state index in [1.165, 1.54) is 5.56 Å². The van der Waals surface area contributed by atoms with Gasteiger partial charge in [-0.2, -0.15) is 0 Å². The number of halogens is 1. The van der Waals surface area contributed by atoms with Crippen LogP contribution in [0.2, 0.25) is 5.02 Å². The van der Waals surface area contributed by atoms with Crippen LogP contribution < -0.4 is 0 Å². The van der Waals surface area contributed by atoms with Gasteiger partial charge in [-0.25, -0.2) is 0 Å². The SMILES string of the molecule is CN(C)C(=O)C1CCCN1Cc1cccc(Cl)c1. The molecule has 1 aromatic carbocycles. The summed E-state index contributed by atoms with van der Waals surface area (Å²) < 4.78 is 0. The van der Waals surface area contributed by atoms with Crippen molar-refractivity contribution >= 4 is 17.5 Å². The molecule has 1 aliphatic rings. The Morgan fingerprint density at radius 3 is 2.94 bits per heavy atom. The van der Waals surface area contributed by atoms with Crippen molar-refractivity contribution in [3.05, 3.63) is 34.9 Å². The largest absolute Gasteiger partial charge is 0.347 e. The van der Waals surface area contributed by atoms with E-state index in [1.54, 1.807) is 4.90 Å². The molecule has 0 radical (unpaired) electrons. The number of likely N-dealkylation sites (tertiary alicyclic amines) is 1. The molecule has 3 nitrogen and oxygen atoms in total. The van der Waals surface area contributed by atoms with Crippen LogP contribution in [0.25, 0.3) is 0 Å². The number of carbonyl (C=O) groups is 1. The van der Waals surface area contributed by atoms with Gasteiger partial charge in [0.1, 0.15) is 0 Å². The molecular formula is C14H19ClN2O. The molecule has 2 rings (SSSR count). The number of amides is 1. The molecule has 1 heterocycles. The summed E-state index contributed by atoms with van der Waals surface area (Å²) in [4.78, 5) is 16.0. The normalized spacial score (nSPS) is 20.1. The van der Waals surface area contributed by atoms with Gasteiger partial charge in [-0.1, -0.05) is 23.7 Å². The predicted molar refractivity (Wildman–Crippen MR) is 73.6 cm³/mol. The minimum atomic E-state index is 0.0268. The van der Waals surface area contributed by atoms with Crippen LogP contribution in [0.15, 0.2) is 24.3 Å². The van der Waals surface area contributed by atoms with Gasteiger partial charge in [0.25, 0.3) is 0 Å². The van der Waals surface area contributed by atoms with Crippen molar-refractivity contribution in [3.63, 3.8) is 0 Å². The Morgan fingerprint density at radius 2 is 2.28 bits per heavy atom. The molecule has 0 aromatic heterocycles. The van der Waals surface area contributed by atoms with E-state index in [9.17, 15) is 4.79 Å². The van der Waals surface area contributed by atoms with E-state index < -0.39 is 0 Å². The average molecular weight is 267 g/mol. The summed E-state index contributed by atoms with van der Waals surface area (Å²) >= 11 is 5.99. The van der Waals surface area contributed by atoms with Crippen LogP contribution in [0.5, 0.6) is 0 Å². The number of hydrogen-bond acceptors (Lipinski definition) is 2. The molecule has 18 heavy (non-hydrogen) atoms. The first-order valence-corrected chi connectivity index (χ1v) is 6.65. The molecule has 1 aliphatic heterocycles. The average Bonchev–Trinajstić information content (AvgIpc) is 2.76. The maximum Gasteiger partial charge on any atom is 0.239 e. The second-order valence-electron chi connectivity index (χ2n) is 4.99. The fraction of sp³-hybridized carbons (Fsp3) is 0.500. The van der Waals surface area contributed by atoms with Crippen molar-refractivity contribution in [1.29, 1.82) is 0 Å². The van der Waals surface area contributed by atoms with E-state index in [2.05, 4.69) is 11.0 Å². The van der Waals surface area contributed by atoms with Gasteiger partial charge in [-0.3, -0.25) is 9.69 Å². The lowest BCUT2D eigenvalue weighted by molar-refractivity contribution is -0.133. The van der Waals surface area contributed by atoms with Gasteiger partial charge < -0.3 is 4.90 Å². The Kier molecular flexibility index (Phi) is 4.25. The summed E-state index contributed by atoms with van der Waals surface area (Å²) in [5, 5.41) is 0.752. The molecule has 98 valence electrons. The van der Waals surface area contributed by atoms with E-state index in [0.717, 1.165) is 31.0 Å². The fourth-order valence-corrected chi connectivity index (χ4v) is 2.68. The van der Waals surface area contributed by atoms with Crippen molar-refractivity contribution < 1.29 is 4.79 Å². The minimum Gasteiger partial charge on any atom is -0.347 e. The number of likely N-dealkylation sites (N-methyl/N-ethyl adjacent to an activating group) is 1. The summed E-state index contributed by atoms with van der Waals surface area (Å²) in [5.74, 6) is 0.203. The zero-order valence-corrected chi connectivity index (χ0v) is 11.7. The Morgan fingerprint density at radius 1 is 1.50 bits per heavy atom. The highest BCUT2D eigenvalue weighted by Gasteiger charge is 2.31. The summed E-state index contributed by atoms with van der Waals surface area (Å²) in [6.45, 7) is 1.78. The molecule has 1 saturated heterocycles. The van der Waals surface area contributed by atoms with Gasteiger partial charge in [0.15, 0.2) is 0 Å². The van der Waals surface area contributed by atoms with Gasteiger partial charge >= 0.3 is 0 Å². The molecule has 4 heteroatoms. The highest BCUT2D eigenvalue weighted by molar-refractivity contribution is 6.30. The Hall–Kier alpha value is -1.06. The van der Waals surface area contributed by atoms with Crippen LogP contribution in [0, 0.1) is 0 Å². The summed E-state index contributed by atoms with van der Waals surface area (Å²) in [6, 6.07) is 7.88. The Bertz CT molecular complexity index is 434. The summed E-state index contributed by atoms with van der Waals surface area (Å²) in [7, 11) is 3.64. The topological polar surface area (TPSA) is 23.6 Å². The molecule has 0 spiro atoms. The van der Waals surface area contributed by atoms with Gasteiger partial charge in [0.2, 0.25) is 5.91 Å². The van der Waals surface area contributed by atoms with Crippen LogP contribution in [-0.4, -0.2) is 42.4 Å². The maximum atomic E-state index is 12.1. The Labute approximate surface area is 113 Å². The maximum absolute atomic E-state index is 12.1. The third-order valence-electron chi connectivity index (χ3n) is 3.36. The van der Waals surface area contributed by atoms with E-state index >= 15 is 0 Å². The smallest absolute Gasteiger partial charge is 0.239 e. The monoisotopic (exact) mass is 266 g/mol. The highest BCUT2D eigenvalue weighted by Crippen LogP contribution is 2.22. The van der Waals surface area contributed by atoms with Crippen molar-refractivity contribution in [1.82, 2.24) is 9.80 Å². The van der Waals surface area contributed by atoms with Crippen LogP contribution in [0.4, 0.5) is 0 Å². The second kappa shape index (κ2) is 5.72. The van der Waals surface area contributed by atoms with Gasteiger partial charge in [-0.15, -0.1) is 0 Å². The zero-order valence-electron chi connectivity index (χ0n) is 10.9. The third-order valence-corrected chi connectivity index (χ3v) is 3.60. The lowest BCUT2D eigenvalue weighted by atomic mass is 10.1. The van der Waals surface area contributed by atoms with Crippen LogP contribution >= 0.6 is 11.6 Å². The molecule has 1 aromatic rings. The third kappa shape index (κ3) is 3.03. The molecule has 0 aliphatic carbocycles. The van der Waals surface area contributed by atoms with Crippen molar-refractivity contribution in [3.8, 4) is 0 Å². The molecule has 0 N–H and O–H groups in total. The quantitative estimate of drug-likeness (QED) is 0.839. The number of rotatable bonds is 3. The lowest BCUT2D eigenvalue weighted by Gasteiger charge is -2.26. The standard InChI is InChI=1S/C14H19ClN2O/c1-16(2)14(18)13-7-4-8-17(13)10-11-5-3-6-12(15)9-11/h3,5-6,9,13H,4,7-8,10H2,1-2H3. The molecule has 0 saturated carbocycles. The summed E-state index contributed by atoms with van der Waals surface area (Å²) in [6.07, 6.45) is 2.04. The number of nitrogens with zero attached hydrogens (tertiary/aromatic N) is 2. The fourth-order valence-electron chi connectivity index (χ4n) is 2.46. The molecular weight excluding hydrogens is 248 g/mol. The van der Waals surface area contributed by atoms with E-state index in [-0.39, 0.29) is 11.9 Å². The van der Waals surface area contributed by atoms with Crippen LogP contribution in [0.3, 0.4) is 0 Å². The van der Waals surface area contributed by atoms with Crippen molar-refractivity contribution in [2.75, 3.05) is 20.6 Å². The van der Waals surface area contributed by atoms with E-state index in [0.29, 0.717) is 0 Å². The second-order valence-corrected chi connectivity index (χ2v) is 5.43. The molecule has 0 bridgehead atoms. The van der Waals surface area contributed by atoms with Gasteiger partial charge in [0.05, 0.1) is 6.04 Å². The first-order valence-electron chi connectivity index (χ1n) is 6.27. The van der Waals surface area contributed by atoms with Crippen LogP contribution in [0.1, 0.15) is 18.4 Å². The predicted octanol–water partition coefficient (Wildman–Crippen LogP) is 2.39. The zero-order chi connectivity index (χ0) is 13.1. The van der Waals surface area contributed by atoms with E-state index in [1.807, 2.05) is 32.3 Å². The van der Waals surface area contributed by atoms with Crippen molar-refractivity contribution in [2.45, 2.75) is 25.4 Å². The molecule has 1 unspecified atom stereocenters. The molecule has 1 fully saturated rings. The van der Waals surface area contributed by atoms with E-state index in [4.69, 9.17) is 11.6 Å². The molecule has 1 amide bonds. The first kappa shape index (κ1) is 13.4. The van der Waals surface area contributed by atoms with Gasteiger partial charge in [0, 0.05) is 25.7 Å². The molecule has 1 atom stereocenters.